The minimum absolute atomic E-state index is 0.130. The van der Waals surface area contributed by atoms with E-state index in [1.54, 1.807) is 0 Å². The molecular formula is C15H27NOS. The van der Waals surface area contributed by atoms with Gasteiger partial charge in [-0.25, -0.2) is 0 Å². The van der Waals surface area contributed by atoms with Crippen molar-refractivity contribution in [3.8, 4) is 0 Å². The van der Waals surface area contributed by atoms with E-state index < -0.39 is 0 Å². The van der Waals surface area contributed by atoms with Crippen molar-refractivity contribution in [1.82, 2.24) is 0 Å². The molecule has 0 radical (unpaired) electrons. The Balaban J connectivity index is 1.68. The molecule has 1 aliphatic carbocycles. The van der Waals surface area contributed by atoms with Crippen LogP contribution >= 0.6 is 11.8 Å². The van der Waals surface area contributed by atoms with Gasteiger partial charge in [0.1, 0.15) is 0 Å². The zero-order valence-electron chi connectivity index (χ0n) is 11.6. The second kappa shape index (κ2) is 4.99. The van der Waals surface area contributed by atoms with Crippen LogP contribution in [0.2, 0.25) is 0 Å². The molecule has 4 unspecified atom stereocenters. The molecule has 2 aliphatic heterocycles. The van der Waals surface area contributed by atoms with Crippen LogP contribution in [0.1, 0.15) is 51.9 Å². The summed E-state index contributed by atoms with van der Waals surface area (Å²) in [7, 11) is 0. The predicted molar refractivity (Wildman–Crippen MR) is 77.9 cm³/mol. The fraction of sp³-hybridized carbons (Fsp3) is 1.00. The molecular weight excluding hydrogens is 242 g/mol. The molecule has 0 aromatic carbocycles. The molecule has 2 saturated heterocycles. The van der Waals surface area contributed by atoms with Crippen molar-refractivity contribution in [1.29, 1.82) is 0 Å². The second-order valence-electron chi connectivity index (χ2n) is 6.77. The molecule has 3 rings (SSSR count). The number of hydrogen-bond acceptors (Lipinski definition) is 3. The predicted octanol–water partition coefficient (Wildman–Crippen LogP) is 3.20. The van der Waals surface area contributed by atoms with Crippen LogP contribution in [-0.4, -0.2) is 29.3 Å². The lowest BCUT2D eigenvalue weighted by Crippen LogP contribution is -2.52. The van der Waals surface area contributed by atoms with Gasteiger partial charge in [-0.15, -0.1) is 0 Å². The first-order valence-electron chi connectivity index (χ1n) is 7.66. The minimum Gasteiger partial charge on any atom is -0.374 e. The number of ether oxygens (including phenoxy) is 1. The number of rotatable bonds is 2. The Hall–Kier alpha value is 0.270. The smallest absolute Gasteiger partial charge is 0.0783 e. The molecule has 3 heteroatoms. The maximum absolute atomic E-state index is 6.79. The highest BCUT2D eigenvalue weighted by Gasteiger charge is 2.48. The lowest BCUT2D eigenvalue weighted by molar-refractivity contribution is -0.0923. The molecule has 1 spiro atoms. The van der Waals surface area contributed by atoms with Crippen molar-refractivity contribution >= 4 is 11.8 Å². The van der Waals surface area contributed by atoms with Crippen LogP contribution in [0.5, 0.6) is 0 Å². The third-order valence-electron chi connectivity index (χ3n) is 5.64. The topological polar surface area (TPSA) is 35.2 Å². The maximum atomic E-state index is 6.79. The molecule has 0 bridgehead atoms. The average Bonchev–Trinajstić information content (AvgIpc) is 2.98. The Kier molecular flexibility index (Phi) is 3.68. The average molecular weight is 269 g/mol. The van der Waals surface area contributed by atoms with Crippen LogP contribution < -0.4 is 5.73 Å². The van der Waals surface area contributed by atoms with Gasteiger partial charge in [0.15, 0.2) is 0 Å². The normalized spacial score (nSPS) is 49.0. The Bertz CT molecular complexity index is 303. The summed E-state index contributed by atoms with van der Waals surface area (Å²) in [6, 6.07) is 0. The highest BCUT2D eigenvalue weighted by atomic mass is 32.2. The van der Waals surface area contributed by atoms with Gasteiger partial charge in [-0.1, -0.05) is 13.3 Å². The van der Waals surface area contributed by atoms with Gasteiger partial charge in [-0.05, 0) is 56.1 Å². The van der Waals surface area contributed by atoms with Gasteiger partial charge in [0.2, 0.25) is 0 Å². The first-order chi connectivity index (χ1) is 8.66. The molecule has 2 heterocycles. The first-order valence-corrected chi connectivity index (χ1v) is 8.82. The van der Waals surface area contributed by atoms with Crippen molar-refractivity contribution in [2.45, 2.75) is 63.0 Å². The largest absolute Gasteiger partial charge is 0.374 e. The number of hydrogen-bond donors (Lipinski definition) is 1. The summed E-state index contributed by atoms with van der Waals surface area (Å²) in [5.74, 6) is 4.08. The summed E-state index contributed by atoms with van der Waals surface area (Å²) in [6.45, 7) is 3.26. The molecule has 0 aromatic heterocycles. The van der Waals surface area contributed by atoms with Gasteiger partial charge in [-0.3, -0.25) is 0 Å². The van der Waals surface area contributed by atoms with E-state index in [2.05, 4.69) is 18.7 Å². The van der Waals surface area contributed by atoms with Crippen LogP contribution in [0.25, 0.3) is 0 Å². The molecule has 104 valence electrons. The Morgan fingerprint density at radius 1 is 1.28 bits per heavy atom. The first kappa shape index (κ1) is 13.3. The quantitative estimate of drug-likeness (QED) is 0.836. The Morgan fingerprint density at radius 3 is 2.83 bits per heavy atom. The molecule has 3 fully saturated rings. The van der Waals surface area contributed by atoms with Gasteiger partial charge >= 0.3 is 0 Å². The standard InChI is InChI=1S/C15H27NOS/c1-2-12-3-5-15(16,9-12)13-4-7-17-14(10-13)6-8-18-11-14/h12-13H,2-11,16H2,1H3. The van der Waals surface area contributed by atoms with Crippen LogP contribution in [0.15, 0.2) is 0 Å². The molecule has 18 heavy (non-hydrogen) atoms. The lowest BCUT2D eigenvalue weighted by atomic mass is 9.72. The summed E-state index contributed by atoms with van der Waals surface area (Å²) >= 11 is 2.06. The summed E-state index contributed by atoms with van der Waals surface area (Å²) in [5.41, 5.74) is 7.12. The van der Waals surface area contributed by atoms with E-state index in [1.807, 2.05) is 0 Å². The molecule has 0 aromatic rings. The molecule has 3 aliphatic rings. The van der Waals surface area contributed by atoms with Crippen molar-refractivity contribution in [2.24, 2.45) is 17.6 Å². The van der Waals surface area contributed by atoms with E-state index in [0.29, 0.717) is 5.92 Å². The number of thioether (sulfide) groups is 1. The zero-order chi connectivity index (χ0) is 12.6. The fourth-order valence-electron chi connectivity index (χ4n) is 4.32. The minimum atomic E-state index is 0.130. The van der Waals surface area contributed by atoms with Crippen LogP contribution in [0.4, 0.5) is 0 Å². The third-order valence-corrected chi connectivity index (χ3v) is 6.86. The Labute approximate surface area is 115 Å². The van der Waals surface area contributed by atoms with Crippen LogP contribution in [0.3, 0.4) is 0 Å². The van der Waals surface area contributed by atoms with E-state index >= 15 is 0 Å². The van der Waals surface area contributed by atoms with E-state index in [-0.39, 0.29) is 11.1 Å². The summed E-state index contributed by atoms with van der Waals surface area (Å²) in [5, 5.41) is 0. The van der Waals surface area contributed by atoms with E-state index in [9.17, 15) is 0 Å². The van der Waals surface area contributed by atoms with E-state index in [0.717, 1.165) is 12.5 Å². The van der Waals surface area contributed by atoms with E-state index in [1.165, 1.54) is 56.5 Å². The highest BCUT2D eigenvalue weighted by molar-refractivity contribution is 7.99. The Morgan fingerprint density at radius 2 is 2.17 bits per heavy atom. The second-order valence-corrected chi connectivity index (χ2v) is 7.88. The van der Waals surface area contributed by atoms with Gasteiger partial charge < -0.3 is 10.5 Å². The van der Waals surface area contributed by atoms with Crippen LogP contribution in [0, 0.1) is 11.8 Å². The van der Waals surface area contributed by atoms with Crippen molar-refractivity contribution in [2.75, 3.05) is 18.1 Å². The summed E-state index contributed by atoms with van der Waals surface area (Å²) < 4.78 is 6.14. The lowest BCUT2D eigenvalue weighted by Gasteiger charge is -2.44. The van der Waals surface area contributed by atoms with Crippen LogP contribution in [-0.2, 0) is 4.74 Å². The van der Waals surface area contributed by atoms with Gasteiger partial charge in [-0.2, -0.15) is 11.8 Å². The van der Waals surface area contributed by atoms with Gasteiger partial charge in [0.25, 0.3) is 0 Å². The number of nitrogens with two attached hydrogens (primary N) is 1. The van der Waals surface area contributed by atoms with Crippen molar-refractivity contribution in [3.05, 3.63) is 0 Å². The fourth-order valence-corrected chi connectivity index (χ4v) is 5.69. The van der Waals surface area contributed by atoms with Crippen molar-refractivity contribution in [3.63, 3.8) is 0 Å². The third kappa shape index (κ3) is 2.34. The molecule has 1 saturated carbocycles. The molecule has 0 amide bonds. The maximum Gasteiger partial charge on any atom is 0.0783 e. The molecule has 4 atom stereocenters. The summed E-state index contributed by atoms with van der Waals surface area (Å²) in [6.07, 6.45) is 8.85. The van der Waals surface area contributed by atoms with Crippen molar-refractivity contribution < 1.29 is 4.74 Å². The van der Waals surface area contributed by atoms with E-state index in [4.69, 9.17) is 10.5 Å². The summed E-state index contributed by atoms with van der Waals surface area (Å²) in [4.78, 5) is 0. The van der Waals surface area contributed by atoms with Gasteiger partial charge in [0.05, 0.1) is 5.60 Å². The SMILES string of the molecule is CCC1CCC(N)(C2CCOC3(CCSC3)C2)C1. The molecule has 2 nitrogen and oxygen atoms in total. The van der Waals surface area contributed by atoms with Gasteiger partial charge in [0, 0.05) is 17.9 Å². The zero-order valence-corrected chi connectivity index (χ0v) is 12.4. The highest BCUT2D eigenvalue weighted by Crippen LogP contribution is 2.48. The molecule has 2 N–H and O–H groups in total. The monoisotopic (exact) mass is 269 g/mol.